The van der Waals surface area contributed by atoms with Crippen LogP contribution in [0.15, 0.2) is 23.3 Å². The van der Waals surface area contributed by atoms with Gasteiger partial charge in [-0.2, -0.15) is 0 Å². The van der Waals surface area contributed by atoms with Gasteiger partial charge < -0.3 is 15.1 Å². The van der Waals surface area contributed by atoms with Crippen molar-refractivity contribution in [3.8, 4) is 0 Å². The predicted octanol–water partition coefficient (Wildman–Crippen LogP) is 2.88. The summed E-state index contributed by atoms with van der Waals surface area (Å²) in [4.78, 5) is 14.2. The van der Waals surface area contributed by atoms with Crippen molar-refractivity contribution in [3.63, 3.8) is 0 Å². The summed E-state index contributed by atoms with van der Waals surface area (Å²) in [5.74, 6) is 3.00. The second-order valence-corrected chi connectivity index (χ2v) is 7.06. The van der Waals surface area contributed by atoms with E-state index in [4.69, 9.17) is 4.99 Å². The molecule has 2 aliphatic rings. The maximum absolute atomic E-state index is 4.84. The molecule has 0 amide bonds. The van der Waals surface area contributed by atoms with Crippen LogP contribution in [0.5, 0.6) is 0 Å². The number of pyridine rings is 1. The molecule has 0 aliphatic carbocycles. The summed E-state index contributed by atoms with van der Waals surface area (Å²) in [6.45, 7) is 10.6. The van der Waals surface area contributed by atoms with E-state index in [2.05, 4.69) is 46.1 Å². The zero-order valence-electron chi connectivity index (χ0n) is 15.2. The van der Waals surface area contributed by atoms with Gasteiger partial charge in [-0.25, -0.2) is 9.98 Å². The van der Waals surface area contributed by atoms with Crippen molar-refractivity contribution in [1.29, 1.82) is 0 Å². The highest BCUT2D eigenvalue weighted by Crippen LogP contribution is 2.18. The zero-order valence-corrected chi connectivity index (χ0v) is 15.2. The number of likely N-dealkylation sites (tertiary alicyclic amines) is 1. The van der Waals surface area contributed by atoms with Crippen LogP contribution in [-0.4, -0.2) is 48.6 Å². The molecule has 0 aromatic carbocycles. The summed E-state index contributed by atoms with van der Waals surface area (Å²) in [7, 11) is 0. The van der Waals surface area contributed by atoms with Crippen molar-refractivity contribution in [2.45, 2.75) is 46.1 Å². The Morgan fingerprint density at radius 2 is 1.96 bits per heavy atom. The van der Waals surface area contributed by atoms with Gasteiger partial charge >= 0.3 is 0 Å². The molecular formula is C19H31N5. The molecule has 0 radical (unpaired) electrons. The third-order valence-electron chi connectivity index (χ3n) is 5.07. The number of nitrogens with zero attached hydrogens (tertiary/aromatic N) is 4. The molecule has 2 saturated heterocycles. The van der Waals surface area contributed by atoms with Gasteiger partial charge in [-0.3, -0.25) is 0 Å². The number of aliphatic imine (C=N–C) groups is 1. The number of guanidine groups is 1. The van der Waals surface area contributed by atoms with Gasteiger partial charge in [-0.15, -0.1) is 0 Å². The third-order valence-corrected chi connectivity index (χ3v) is 5.07. The van der Waals surface area contributed by atoms with E-state index in [0.717, 1.165) is 50.4 Å². The van der Waals surface area contributed by atoms with Gasteiger partial charge in [0.2, 0.25) is 0 Å². The number of piperidine rings is 1. The third kappa shape index (κ3) is 4.40. The fourth-order valence-corrected chi connectivity index (χ4v) is 3.46. The molecule has 3 rings (SSSR count). The van der Waals surface area contributed by atoms with Crippen molar-refractivity contribution in [2.75, 3.05) is 37.6 Å². The lowest BCUT2D eigenvalue weighted by atomic mass is 10.00. The summed E-state index contributed by atoms with van der Waals surface area (Å²) < 4.78 is 0. The lowest BCUT2D eigenvalue weighted by Crippen LogP contribution is -2.45. The summed E-state index contributed by atoms with van der Waals surface area (Å²) in [5.41, 5.74) is 1.18. The Balaban J connectivity index is 1.60. The van der Waals surface area contributed by atoms with Crippen LogP contribution in [0.25, 0.3) is 0 Å². The molecule has 0 spiro atoms. The predicted molar refractivity (Wildman–Crippen MR) is 100 cm³/mol. The number of aromatic nitrogens is 1. The van der Waals surface area contributed by atoms with Crippen LogP contribution in [0.2, 0.25) is 0 Å². The van der Waals surface area contributed by atoms with Crippen molar-refractivity contribution in [2.24, 2.45) is 10.9 Å². The molecule has 2 fully saturated rings. The Hall–Kier alpha value is -1.78. The zero-order chi connectivity index (χ0) is 16.8. The Bertz CT molecular complexity index is 525. The van der Waals surface area contributed by atoms with E-state index in [0.29, 0.717) is 6.54 Å². The lowest BCUT2D eigenvalue weighted by Gasteiger charge is -2.33. The van der Waals surface area contributed by atoms with E-state index in [1.165, 1.54) is 31.2 Å². The molecule has 24 heavy (non-hydrogen) atoms. The van der Waals surface area contributed by atoms with Crippen LogP contribution >= 0.6 is 0 Å². The number of rotatable bonds is 4. The number of hydrogen-bond acceptors (Lipinski definition) is 3. The second-order valence-electron chi connectivity index (χ2n) is 7.06. The number of anilines is 1. The van der Waals surface area contributed by atoms with E-state index in [9.17, 15) is 0 Å². The van der Waals surface area contributed by atoms with E-state index >= 15 is 0 Å². The minimum Gasteiger partial charge on any atom is -0.357 e. The molecule has 2 aliphatic heterocycles. The first-order valence-electron chi connectivity index (χ1n) is 9.49. The first kappa shape index (κ1) is 17.1. The molecule has 5 heteroatoms. The molecular weight excluding hydrogens is 298 g/mol. The summed E-state index contributed by atoms with van der Waals surface area (Å²) >= 11 is 0. The molecule has 1 aromatic rings. The van der Waals surface area contributed by atoms with Crippen LogP contribution in [-0.2, 0) is 6.54 Å². The van der Waals surface area contributed by atoms with Crippen LogP contribution < -0.4 is 10.2 Å². The molecule has 0 bridgehead atoms. The molecule has 1 N–H and O–H groups in total. The smallest absolute Gasteiger partial charge is 0.194 e. The van der Waals surface area contributed by atoms with Gasteiger partial charge in [0.15, 0.2) is 5.96 Å². The second kappa shape index (κ2) is 8.36. The Morgan fingerprint density at radius 3 is 2.58 bits per heavy atom. The summed E-state index contributed by atoms with van der Waals surface area (Å²) in [5, 5.41) is 3.44. The van der Waals surface area contributed by atoms with Gasteiger partial charge in [0.1, 0.15) is 5.82 Å². The van der Waals surface area contributed by atoms with E-state index < -0.39 is 0 Å². The van der Waals surface area contributed by atoms with Gasteiger partial charge in [-0.05, 0) is 50.2 Å². The van der Waals surface area contributed by atoms with Crippen LogP contribution in [0.4, 0.5) is 5.82 Å². The maximum atomic E-state index is 4.84. The van der Waals surface area contributed by atoms with E-state index in [-0.39, 0.29) is 0 Å². The SMILES string of the molecule is CCNC(=NCc1ccc(N2CCCC2)nc1)N1CCC(C)CC1. The Morgan fingerprint density at radius 1 is 1.21 bits per heavy atom. The quantitative estimate of drug-likeness (QED) is 0.681. The van der Waals surface area contributed by atoms with Crippen molar-refractivity contribution < 1.29 is 0 Å². The highest BCUT2D eigenvalue weighted by molar-refractivity contribution is 5.80. The number of hydrogen-bond donors (Lipinski definition) is 1. The average Bonchev–Trinajstić information content (AvgIpc) is 3.14. The average molecular weight is 329 g/mol. The van der Waals surface area contributed by atoms with Gasteiger partial charge in [0.25, 0.3) is 0 Å². The minimum atomic E-state index is 0.696. The van der Waals surface area contributed by atoms with Gasteiger partial charge in [0, 0.05) is 38.9 Å². The van der Waals surface area contributed by atoms with Crippen molar-refractivity contribution in [1.82, 2.24) is 15.2 Å². The Labute approximate surface area is 146 Å². The maximum Gasteiger partial charge on any atom is 0.194 e. The topological polar surface area (TPSA) is 43.8 Å². The molecule has 3 heterocycles. The van der Waals surface area contributed by atoms with Crippen molar-refractivity contribution >= 4 is 11.8 Å². The van der Waals surface area contributed by atoms with Crippen LogP contribution in [0.1, 0.15) is 45.1 Å². The molecule has 0 saturated carbocycles. The van der Waals surface area contributed by atoms with E-state index in [1.54, 1.807) is 0 Å². The molecule has 0 unspecified atom stereocenters. The lowest BCUT2D eigenvalue weighted by molar-refractivity contribution is 0.273. The summed E-state index contributed by atoms with van der Waals surface area (Å²) in [6.07, 6.45) is 7.08. The standard InChI is InChI=1S/C19H31N5/c1-3-20-19(24-12-8-16(2)9-13-24)22-15-17-6-7-18(21-14-17)23-10-4-5-11-23/h6-7,14,16H,3-5,8-13,15H2,1-2H3,(H,20,22). The monoisotopic (exact) mass is 329 g/mol. The summed E-state index contributed by atoms with van der Waals surface area (Å²) in [6, 6.07) is 4.32. The number of nitrogens with one attached hydrogen (secondary N) is 1. The minimum absolute atomic E-state index is 0.696. The van der Waals surface area contributed by atoms with Gasteiger partial charge in [0.05, 0.1) is 6.54 Å². The first-order chi connectivity index (χ1) is 11.8. The van der Waals surface area contributed by atoms with E-state index in [1.807, 2.05) is 6.20 Å². The highest BCUT2D eigenvalue weighted by Gasteiger charge is 2.18. The fraction of sp³-hybridized carbons (Fsp3) is 0.684. The molecule has 5 nitrogen and oxygen atoms in total. The molecule has 1 aromatic heterocycles. The fourth-order valence-electron chi connectivity index (χ4n) is 3.46. The highest BCUT2D eigenvalue weighted by atomic mass is 15.3. The Kier molecular flexibility index (Phi) is 5.94. The van der Waals surface area contributed by atoms with Crippen LogP contribution in [0.3, 0.4) is 0 Å². The molecule has 132 valence electrons. The largest absolute Gasteiger partial charge is 0.357 e. The van der Waals surface area contributed by atoms with Crippen molar-refractivity contribution in [3.05, 3.63) is 23.9 Å². The molecule has 0 atom stereocenters. The normalized spacial score (nSPS) is 19.8. The van der Waals surface area contributed by atoms with Crippen LogP contribution in [0, 0.1) is 5.92 Å². The van der Waals surface area contributed by atoms with Gasteiger partial charge in [-0.1, -0.05) is 13.0 Å². The first-order valence-corrected chi connectivity index (χ1v) is 9.49.